The molecule has 2 aromatic rings. The first kappa shape index (κ1) is 16.9. The summed E-state index contributed by atoms with van der Waals surface area (Å²) < 4.78 is 33.9. The van der Waals surface area contributed by atoms with E-state index in [9.17, 15) is 22.6 Å². The molecular weight excluding hydrogens is 317 g/mol. The van der Waals surface area contributed by atoms with E-state index in [1.807, 2.05) is 0 Å². The van der Waals surface area contributed by atoms with Gasteiger partial charge in [-0.2, -0.15) is 0 Å². The van der Waals surface area contributed by atoms with E-state index in [-0.39, 0.29) is 51.9 Å². The number of fused-ring (bicyclic) bond motifs is 2. The molecule has 0 saturated carbocycles. The first-order chi connectivity index (χ1) is 9.82. The number of carbonyl (C=O) groups excluding carboxylic acids is 2. The predicted molar refractivity (Wildman–Crippen MR) is 72.1 cm³/mol. The third kappa shape index (κ3) is 2.41. The fourth-order valence-electron chi connectivity index (χ4n) is 2.45. The second-order valence-corrected chi connectivity index (χ2v) is 5.91. The molecule has 0 unspecified atom stereocenters. The zero-order valence-electron chi connectivity index (χ0n) is 11.5. The Bertz CT molecular complexity index is 921. The van der Waals surface area contributed by atoms with Crippen molar-refractivity contribution in [3.05, 3.63) is 58.7 Å². The molecule has 1 aliphatic carbocycles. The number of benzene rings is 2. The Hall–Kier alpha value is -1.51. The summed E-state index contributed by atoms with van der Waals surface area (Å²) in [7, 11) is -4.88. The summed E-state index contributed by atoms with van der Waals surface area (Å²) in [6, 6.07) is 7.98. The number of anilines is 1. The van der Waals surface area contributed by atoms with E-state index < -0.39 is 32.1 Å². The Morgan fingerprint density at radius 2 is 1.41 bits per heavy atom. The third-order valence-corrected chi connectivity index (χ3v) is 4.21. The molecule has 0 heterocycles. The number of ketones is 2. The van der Waals surface area contributed by atoms with Crippen molar-refractivity contribution in [1.82, 2.24) is 0 Å². The van der Waals surface area contributed by atoms with Crippen molar-refractivity contribution >= 4 is 27.4 Å². The van der Waals surface area contributed by atoms with Gasteiger partial charge in [0.1, 0.15) is 10.1 Å². The maximum Gasteiger partial charge on any atom is 1.00 e. The maximum atomic E-state index is 12.5. The molecule has 6 nitrogen and oxygen atoms in total. The summed E-state index contributed by atoms with van der Waals surface area (Å²) in [5.41, 5.74) is 5.31. The zero-order chi connectivity index (χ0) is 15.4. The van der Waals surface area contributed by atoms with Crippen LogP contribution >= 0.6 is 0 Å². The Kier molecular flexibility index (Phi) is 4.29. The second kappa shape index (κ2) is 5.60. The summed E-state index contributed by atoms with van der Waals surface area (Å²) in [5.74, 6) is -1.26. The van der Waals surface area contributed by atoms with Crippen LogP contribution in [0, 0.1) is 0 Å². The number of rotatable bonds is 1. The van der Waals surface area contributed by atoms with E-state index in [2.05, 4.69) is 0 Å². The Morgan fingerprint density at radius 1 is 0.864 bits per heavy atom. The van der Waals surface area contributed by atoms with Crippen molar-refractivity contribution in [2.75, 3.05) is 5.73 Å². The van der Waals surface area contributed by atoms with Crippen molar-refractivity contribution in [1.29, 1.82) is 0 Å². The van der Waals surface area contributed by atoms with Gasteiger partial charge in [0, 0.05) is 16.8 Å². The molecule has 22 heavy (non-hydrogen) atoms. The topological polar surface area (TPSA) is 117 Å². The molecule has 1 aliphatic rings. The van der Waals surface area contributed by atoms with Gasteiger partial charge < -0.3 is 10.3 Å². The number of carbonyl (C=O) groups is 2. The minimum Gasteiger partial charge on any atom is -0.744 e. The fourth-order valence-corrected chi connectivity index (χ4v) is 3.14. The number of hydrogen-bond acceptors (Lipinski definition) is 6. The van der Waals surface area contributed by atoms with Gasteiger partial charge in [-0.3, -0.25) is 9.59 Å². The van der Waals surface area contributed by atoms with Crippen LogP contribution in [-0.2, 0) is 10.1 Å². The maximum absolute atomic E-state index is 12.5. The Labute approximate surface area is 148 Å². The summed E-state index contributed by atoms with van der Waals surface area (Å²) in [4.78, 5) is 24.2. The number of nitrogen functional groups attached to an aromatic ring is 1. The van der Waals surface area contributed by atoms with Crippen LogP contribution in [0.4, 0.5) is 5.69 Å². The fraction of sp³-hybridized carbons (Fsp3) is 0. The monoisotopic (exact) mass is 325 g/mol. The summed E-state index contributed by atoms with van der Waals surface area (Å²) in [6.07, 6.45) is 0. The molecule has 0 radical (unpaired) electrons. The van der Waals surface area contributed by atoms with Crippen LogP contribution < -0.4 is 35.3 Å². The van der Waals surface area contributed by atoms with Crippen LogP contribution in [0.15, 0.2) is 41.3 Å². The van der Waals surface area contributed by atoms with E-state index in [4.69, 9.17) is 5.73 Å². The minimum absolute atomic E-state index is 0. The largest absolute Gasteiger partial charge is 1.00 e. The van der Waals surface area contributed by atoms with E-state index in [1.165, 1.54) is 30.3 Å². The molecule has 0 aromatic heterocycles. The van der Waals surface area contributed by atoms with Gasteiger partial charge in [-0.1, -0.05) is 24.3 Å². The van der Waals surface area contributed by atoms with Gasteiger partial charge in [-0.15, -0.1) is 0 Å². The molecular formula is C14H8NNaO5S. The molecule has 0 saturated heterocycles. The van der Waals surface area contributed by atoms with Gasteiger partial charge in [0.25, 0.3) is 0 Å². The van der Waals surface area contributed by atoms with Crippen molar-refractivity contribution in [2.45, 2.75) is 4.90 Å². The van der Waals surface area contributed by atoms with Gasteiger partial charge in [-0.05, 0) is 12.1 Å². The Morgan fingerprint density at radius 3 is 2.00 bits per heavy atom. The van der Waals surface area contributed by atoms with Crippen molar-refractivity contribution < 1.29 is 52.1 Å². The van der Waals surface area contributed by atoms with Crippen molar-refractivity contribution in [2.24, 2.45) is 0 Å². The van der Waals surface area contributed by atoms with E-state index in [1.54, 1.807) is 0 Å². The second-order valence-electron chi connectivity index (χ2n) is 4.56. The van der Waals surface area contributed by atoms with E-state index >= 15 is 0 Å². The Balaban J connectivity index is 0.00000176. The van der Waals surface area contributed by atoms with E-state index in [0.717, 1.165) is 6.07 Å². The van der Waals surface area contributed by atoms with Crippen molar-refractivity contribution in [3.8, 4) is 0 Å². The van der Waals surface area contributed by atoms with Crippen LogP contribution in [0.2, 0.25) is 0 Å². The first-order valence-corrected chi connectivity index (χ1v) is 7.30. The molecule has 0 atom stereocenters. The average molecular weight is 325 g/mol. The summed E-state index contributed by atoms with van der Waals surface area (Å²) >= 11 is 0. The molecule has 3 rings (SSSR count). The standard InChI is InChI=1S/C14H9NO5S.Na/c15-9-5-1-3-7-11(9)14(17)12-8(13(7)16)4-2-6-10(12)21(18,19)20;/h1-6H,15H2,(H,18,19,20);/q;+1/p-1. The molecule has 0 amide bonds. The molecule has 2 aromatic carbocycles. The van der Waals surface area contributed by atoms with Gasteiger partial charge >= 0.3 is 29.6 Å². The molecule has 0 aliphatic heterocycles. The van der Waals surface area contributed by atoms with Crippen molar-refractivity contribution in [3.63, 3.8) is 0 Å². The summed E-state index contributed by atoms with van der Waals surface area (Å²) in [6.45, 7) is 0. The molecule has 8 heteroatoms. The van der Waals surface area contributed by atoms with E-state index in [0.29, 0.717) is 0 Å². The quantitative estimate of drug-likeness (QED) is 0.313. The molecule has 0 bridgehead atoms. The van der Waals surface area contributed by atoms with Gasteiger partial charge in [0.2, 0.25) is 0 Å². The van der Waals surface area contributed by atoms with Crippen LogP contribution in [0.3, 0.4) is 0 Å². The smallest absolute Gasteiger partial charge is 0.744 e. The number of hydrogen-bond donors (Lipinski definition) is 1. The molecule has 0 spiro atoms. The van der Waals surface area contributed by atoms with Gasteiger partial charge in [0.15, 0.2) is 11.6 Å². The molecule has 2 N–H and O–H groups in total. The minimum atomic E-state index is -4.88. The van der Waals surface area contributed by atoms with Crippen LogP contribution in [-0.4, -0.2) is 24.5 Å². The van der Waals surface area contributed by atoms with Crippen LogP contribution in [0.5, 0.6) is 0 Å². The number of nitrogens with two attached hydrogens (primary N) is 1. The third-order valence-electron chi connectivity index (χ3n) is 3.34. The van der Waals surface area contributed by atoms with Crippen LogP contribution in [0.25, 0.3) is 0 Å². The zero-order valence-corrected chi connectivity index (χ0v) is 14.3. The molecule has 106 valence electrons. The van der Waals surface area contributed by atoms with Gasteiger partial charge in [-0.25, -0.2) is 8.42 Å². The SMILES string of the molecule is Nc1cccc2c1C(=O)c1c(cccc1S(=O)(=O)[O-])C2=O.[Na+]. The molecule has 0 fully saturated rings. The predicted octanol–water partition coefficient (Wildman–Crippen LogP) is -2.05. The average Bonchev–Trinajstić information content (AvgIpc) is 2.43. The van der Waals surface area contributed by atoms with Gasteiger partial charge in [0.05, 0.1) is 16.0 Å². The first-order valence-electron chi connectivity index (χ1n) is 5.89. The van der Waals surface area contributed by atoms with Crippen LogP contribution in [0.1, 0.15) is 31.8 Å². The summed E-state index contributed by atoms with van der Waals surface area (Å²) in [5, 5.41) is 0. The normalized spacial score (nSPS) is 13.1.